The molecule has 0 fully saturated rings. The van der Waals surface area contributed by atoms with Gasteiger partial charge in [0.1, 0.15) is 0 Å². The van der Waals surface area contributed by atoms with E-state index in [-0.39, 0.29) is 12.3 Å². The average Bonchev–Trinajstić information content (AvgIpc) is 2.22. The van der Waals surface area contributed by atoms with Crippen LogP contribution in [0.4, 0.5) is 5.69 Å². The fourth-order valence-electron chi connectivity index (χ4n) is 1.05. The van der Waals surface area contributed by atoms with Gasteiger partial charge in [0.25, 0.3) is 5.91 Å². The van der Waals surface area contributed by atoms with Crippen LogP contribution in [0.2, 0.25) is 5.02 Å². The fourth-order valence-corrected chi connectivity index (χ4v) is 1.22. The van der Waals surface area contributed by atoms with Gasteiger partial charge < -0.3 is 11.1 Å². The molecule has 1 aromatic carbocycles. The Bertz CT molecular complexity index is 412. The van der Waals surface area contributed by atoms with E-state index in [2.05, 4.69) is 5.32 Å². The van der Waals surface area contributed by atoms with Crippen LogP contribution >= 0.6 is 11.6 Å². The van der Waals surface area contributed by atoms with Crippen molar-refractivity contribution in [3.05, 3.63) is 28.8 Å². The average molecular weight is 224 g/mol. The van der Waals surface area contributed by atoms with E-state index in [4.69, 9.17) is 22.6 Å². The SMILES string of the molecule is N#CCCNC(=O)c1cc(Cl)ccc1N. The molecule has 1 amide bonds. The van der Waals surface area contributed by atoms with Gasteiger partial charge in [0.2, 0.25) is 0 Å². The van der Waals surface area contributed by atoms with Crippen molar-refractivity contribution in [1.29, 1.82) is 5.26 Å². The first-order valence-corrected chi connectivity index (χ1v) is 4.73. The first-order chi connectivity index (χ1) is 7.15. The van der Waals surface area contributed by atoms with Gasteiger partial charge in [0, 0.05) is 17.3 Å². The standard InChI is InChI=1S/C10H10ClN3O/c11-7-2-3-9(13)8(6-7)10(15)14-5-1-4-12/h2-3,6H,1,5,13H2,(H,14,15). The number of nitriles is 1. The van der Waals surface area contributed by atoms with E-state index >= 15 is 0 Å². The zero-order chi connectivity index (χ0) is 11.3. The van der Waals surface area contributed by atoms with E-state index < -0.39 is 0 Å². The monoisotopic (exact) mass is 223 g/mol. The zero-order valence-corrected chi connectivity index (χ0v) is 8.71. The van der Waals surface area contributed by atoms with Crippen LogP contribution in [0.15, 0.2) is 18.2 Å². The third kappa shape index (κ3) is 3.15. The number of anilines is 1. The molecule has 0 bridgehead atoms. The third-order valence-corrected chi connectivity index (χ3v) is 2.02. The van der Waals surface area contributed by atoms with Crippen molar-refractivity contribution in [3.63, 3.8) is 0 Å². The highest BCUT2D eigenvalue weighted by Crippen LogP contribution is 2.17. The van der Waals surface area contributed by atoms with Gasteiger partial charge in [-0.05, 0) is 18.2 Å². The van der Waals surface area contributed by atoms with E-state index in [1.165, 1.54) is 6.07 Å². The molecule has 78 valence electrons. The minimum atomic E-state index is -0.315. The molecular formula is C10H10ClN3O. The summed E-state index contributed by atoms with van der Waals surface area (Å²) in [5.74, 6) is -0.315. The van der Waals surface area contributed by atoms with E-state index in [1.54, 1.807) is 12.1 Å². The smallest absolute Gasteiger partial charge is 0.253 e. The number of nitrogens with two attached hydrogens (primary N) is 1. The van der Waals surface area contributed by atoms with Crippen molar-refractivity contribution in [2.24, 2.45) is 0 Å². The van der Waals surface area contributed by atoms with E-state index in [9.17, 15) is 4.79 Å². The lowest BCUT2D eigenvalue weighted by atomic mass is 10.1. The number of halogens is 1. The number of nitrogens with zero attached hydrogens (tertiary/aromatic N) is 1. The summed E-state index contributed by atoms with van der Waals surface area (Å²) in [6, 6.07) is 6.61. The minimum absolute atomic E-state index is 0.270. The molecule has 0 aromatic heterocycles. The normalized spacial score (nSPS) is 9.33. The number of amides is 1. The number of nitrogen functional groups attached to an aromatic ring is 1. The highest BCUT2D eigenvalue weighted by Gasteiger charge is 2.09. The summed E-state index contributed by atoms with van der Waals surface area (Å²) in [5.41, 5.74) is 6.31. The van der Waals surface area contributed by atoms with Crippen LogP contribution in [0.1, 0.15) is 16.8 Å². The number of nitrogens with one attached hydrogen (secondary N) is 1. The lowest BCUT2D eigenvalue weighted by Crippen LogP contribution is -2.25. The van der Waals surface area contributed by atoms with Crippen LogP contribution in [0.25, 0.3) is 0 Å². The molecule has 0 spiro atoms. The molecule has 0 aliphatic rings. The summed E-state index contributed by atoms with van der Waals surface area (Å²) >= 11 is 5.73. The predicted molar refractivity (Wildman–Crippen MR) is 58.4 cm³/mol. The molecule has 1 aromatic rings. The Balaban J connectivity index is 2.73. The van der Waals surface area contributed by atoms with E-state index in [0.29, 0.717) is 22.8 Å². The van der Waals surface area contributed by atoms with Crippen molar-refractivity contribution in [1.82, 2.24) is 5.32 Å². The van der Waals surface area contributed by atoms with Gasteiger partial charge in [-0.1, -0.05) is 11.6 Å². The van der Waals surface area contributed by atoms with Crippen LogP contribution in [0.5, 0.6) is 0 Å². The van der Waals surface area contributed by atoms with Gasteiger partial charge in [-0.15, -0.1) is 0 Å². The third-order valence-electron chi connectivity index (χ3n) is 1.78. The van der Waals surface area contributed by atoms with Gasteiger partial charge in [-0.3, -0.25) is 4.79 Å². The largest absolute Gasteiger partial charge is 0.398 e. The maximum Gasteiger partial charge on any atom is 0.253 e. The van der Waals surface area contributed by atoms with Crippen LogP contribution < -0.4 is 11.1 Å². The van der Waals surface area contributed by atoms with Crippen LogP contribution in [0, 0.1) is 11.3 Å². The van der Waals surface area contributed by atoms with Crippen LogP contribution in [0.3, 0.4) is 0 Å². The Labute approximate surface area is 92.6 Å². The van der Waals surface area contributed by atoms with Gasteiger partial charge in [-0.25, -0.2) is 0 Å². The Hall–Kier alpha value is -1.73. The molecule has 0 radical (unpaired) electrons. The number of rotatable bonds is 3. The fraction of sp³-hybridized carbons (Fsp3) is 0.200. The second-order valence-corrected chi connectivity index (χ2v) is 3.33. The van der Waals surface area contributed by atoms with Gasteiger partial charge in [0.15, 0.2) is 0 Å². The summed E-state index contributed by atoms with van der Waals surface area (Å²) < 4.78 is 0. The minimum Gasteiger partial charge on any atom is -0.398 e. The van der Waals surface area contributed by atoms with Crippen molar-refractivity contribution in [3.8, 4) is 6.07 Å². The number of carbonyl (C=O) groups is 1. The molecule has 15 heavy (non-hydrogen) atoms. The lowest BCUT2D eigenvalue weighted by Gasteiger charge is -2.06. The molecule has 4 nitrogen and oxygen atoms in total. The topological polar surface area (TPSA) is 78.9 Å². The van der Waals surface area contributed by atoms with Gasteiger partial charge >= 0.3 is 0 Å². The lowest BCUT2D eigenvalue weighted by molar-refractivity contribution is 0.0955. The number of hydrogen-bond acceptors (Lipinski definition) is 3. The van der Waals surface area contributed by atoms with E-state index in [0.717, 1.165) is 0 Å². The quantitative estimate of drug-likeness (QED) is 0.603. The van der Waals surface area contributed by atoms with E-state index in [1.807, 2.05) is 6.07 Å². The maximum atomic E-state index is 11.5. The van der Waals surface area contributed by atoms with Crippen molar-refractivity contribution < 1.29 is 4.79 Å². The Morgan fingerprint density at radius 3 is 3.00 bits per heavy atom. The Morgan fingerprint density at radius 1 is 1.60 bits per heavy atom. The number of carbonyl (C=O) groups excluding carboxylic acids is 1. The maximum absolute atomic E-state index is 11.5. The summed E-state index contributed by atoms with van der Waals surface area (Å²) in [6.45, 7) is 0.307. The summed E-state index contributed by atoms with van der Waals surface area (Å²) in [7, 11) is 0. The van der Waals surface area contributed by atoms with Crippen molar-refractivity contribution in [2.45, 2.75) is 6.42 Å². The highest BCUT2D eigenvalue weighted by molar-refractivity contribution is 6.31. The molecular weight excluding hydrogens is 214 g/mol. The van der Waals surface area contributed by atoms with Crippen LogP contribution in [-0.4, -0.2) is 12.5 Å². The van der Waals surface area contributed by atoms with Crippen molar-refractivity contribution >= 4 is 23.2 Å². The summed E-state index contributed by atoms with van der Waals surface area (Å²) in [6.07, 6.45) is 0.270. The molecule has 0 saturated heterocycles. The molecule has 0 heterocycles. The first kappa shape index (κ1) is 11.3. The molecule has 0 unspecified atom stereocenters. The molecule has 0 saturated carbocycles. The zero-order valence-electron chi connectivity index (χ0n) is 7.96. The van der Waals surface area contributed by atoms with Crippen LogP contribution in [-0.2, 0) is 0 Å². The second-order valence-electron chi connectivity index (χ2n) is 2.90. The molecule has 0 aliphatic heterocycles. The second kappa shape index (κ2) is 5.23. The Kier molecular flexibility index (Phi) is 3.95. The summed E-state index contributed by atoms with van der Waals surface area (Å²) in [4.78, 5) is 11.5. The van der Waals surface area contributed by atoms with Gasteiger partial charge in [0.05, 0.1) is 18.1 Å². The van der Waals surface area contributed by atoms with Gasteiger partial charge in [-0.2, -0.15) is 5.26 Å². The number of hydrogen-bond donors (Lipinski definition) is 2. The molecule has 5 heteroatoms. The molecule has 0 aliphatic carbocycles. The molecule has 3 N–H and O–H groups in total. The molecule has 0 atom stereocenters. The first-order valence-electron chi connectivity index (χ1n) is 4.35. The predicted octanol–water partition coefficient (Wildman–Crippen LogP) is 1.57. The molecule has 1 rings (SSSR count). The summed E-state index contributed by atoms with van der Waals surface area (Å²) in [5, 5.41) is 11.3. The Morgan fingerprint density at radius 2 is 2.33 bits per heavy atom. The van der Waals surface area contributed by atoms with Crippen molar-refractivity contribution in [2.75, 3.05) is 12.3 Å². The highest BCUT2D eigenvalue weighted by atomic mass is 35.5. The number of benzene rings is 1.